The molecule has 1 heterocycles. The second kappa shape index (κ2) is 5.29. The van der Waals surface area contributed by atoms with E-state index in [0.29, 0.717) is 12.1 Å². The van der Waals surface area contributed by atoms with Gasteiger partial charge in [-0.3, -0.25) is 9.27 Å². The lowest BCUT2D eigenvalue weighted by atomic mass is 10.3. The molecule has 0 aromatic carbocycles. The minimum Gasteiger partial charge on any atom is -0.286 e. The third-order valence-corrected chi connectivity index (χ3v) is 3.96. The third-order valence-electron chi connectivity index (χ3n) is 1.66. The van der Waals surface area contributed by atoms with Crippen LogP contribution in [0.4, 0.5) is 5.13 Å². The van der Waals surface area contributed by atoms with Gasteiger partial charge in [-0.25, -0.2) is 13.4 Å². The molecule has 0 saturated heterocycles. The standard InChI is InChI=1S/C7H12N2O5S3/c1-16(10,11)9-7-8-6(5-15-7)3-2-4-17(12,13)14/h5H,2-4H2,1H3,(H,8,9)(H,12,13,14). The van der Waals surface area contributed by atoms with Gasteiger partial charge in [-0.2, -0.15) is 8.42 Å². The number of nitrogens with one attached hydrogen (secondary N) is 1. The van der Waals surface area contributed by atoms with Crippen LogP contribution in [0.25, 0.3) is 0 Å². The fraction of sp³-hybridized carbons (Fsp3) is 0.571. The molecule has 0 bridgehead atoms. The number of rotatable bonds is 6. The van der Waals surface area contributed by atoms with Crippen LogP contribution >= 0.6 is 11.3 Å². The lowest BCUT2D eigenvalue weighted by molar-refractivity contribution is 0.481. The van der Waals surface area contributed by atoms with E-state index in [-0.39, 0.29) is 17.3 Å². The number of nitrogens with zero attached hydrogens (tertiary/aromatic N) is 1. The summed E-state index contributed by atoms with van der Waals surface area (Å²) in [6.07, 6.45) is 1.62. The molecule has 98 valence electrons. The zero-order valence-electron chi connectivity index (χ0n) is 8.95. The SMILES string of the molecule is CS(=O)(=O)Nc1nc(CCCS(=O)(=O)O)cs1. The van der Waals surface area contributed by atoms with Gasteiger partial charge < -0.3 is 0 Å². The summed E-state index contributed by atoms with van der Waals surface area (Å²) in [5, 5.41) is 1.88. The van der Waals surface area contributed by atoms with Gasteiger partial charge in [0.2, 0.25) is 10.0 Å². The van der Waals surface area contributed by atoms with Crippen molar-refractivity contribution in [1.29, 1.82) is 0 Å². The maximum Gasteiger partial charge on any atom is 0.264 e. The largest absolute Gasteiger partial charge is 0.286 e. The van der Waals surface area contributed by atoms with Gasteiger partial charge in [0.05, 0.1) is 17.7 Å². The Labute approximate surface area is 104 Å². The van der Waals surface area contributed by atoms with E-state index >= 15 is 0 Å². The van der Waals surface area contributed by atoms with Crippen LogP contribution < -0.4 is 4.72 Å². The first-order chi connectivity index (χ1) is 7.66. The predicted octanol–water partition coefficient (Wildman–Crippen LogP) is 0.335. The summed E-state index contributed by atoms with van der Waals surface area (Å²) >= 11 is 1.12. The van der Waals surface area contributed by atoms with Crippen molar-refractivity contribution in [2.75, 3.05) is 16.7 Å². The summed E-state index contributed by atoms with van der Waals surface area (Å²) in [7, 11) is -7.30. The van der Waals surface area contributed by atoms with Crippen molar-refractivity contribution in [2.45, 2.75) is 12.8 Å². The Morgan fingerprint density at radius 3 is 2.59 bits per heavy atom. The van der Waals surface area contributed by atoms with Crippen LogP contribution in [0.15, 0.2) is 5.38 Å². The van der Waals surface area contributed by atoms with E-state index in [1.165, 1.54) is 0 Å². The fourth-order valence-corrected chi connectivity index (χ4v) is 3.17. The molecule has 10 heteroatoms. The normalized spacial score (nSPS) is 12.6. The van der Waals surface area contributed by atoms with Crippen LogP contribution in [0.3, 0.4) is 0 Å². The molecule has 0 radical (unpaired) electrons. The lowest BCUT2D eigenvalue weighted by Crippen LogP contribution is -2.09. The van der Waals surface area contributed by atoms with Crippen LogP contribution in [-0.4, -0.2) is 38.4 Å². The van der Waals surface area contributed by atoms with Gasteiger partial charge in [0.15, 0.2) is 5.13 Å². The zero-order chi connectivity index (χ0) is 13.1. The van der Waals surface area contributed by atoms with Gasteiger partial charge in [-0.1, -0.05) is 0 Å². The molecule has 1 aromatic heterocycles. The summed E-state index contributed by atoms with van der Waals surface area (Å²) in [5.74, 6) is -0.334. The van der Waals surface area contributed by atoms with Gasteiger partial charge in [0.1, 0.15) is 0 Å². The minimum absolute atomic E-state index is 0.237. The van der Waals surface area contributed by atoms with E-state index in [4.69, 9.17) is 4.55 Å². The number of thiazole rings is 1. The highest BCUT2D eigenvalue weighted by Gasteiger charge is 2.08. The predicted molar refractivity (Wildman–Crippen MR) is 65.3 cm³/mol. The van der Waals surface area contributed by atoms with E-state index in [2.05, 4.69) is 9.71 Å². The minimum atomic E-state index is -3.95. The summed E-state index contributed by atoms with van der Waals surface area (Å²) < 4.78 is 53.5. The number of aromatic nitrogens is 1. The quantitative estimate of drug-likeness (QED) is 0.732. The summed E-state index contributed by atoms with van der Waals surface area (Å²) in [6, 6.07) is 0. The van der Waals surface area contributed by atoms with Crippen molar-refractivity contribution in [2.24, 2.45) is 0 Å². The van der Waals surface area contributed by atoms with E-state index < -0.39 is 20.1 Å². The second-order valence-corrected chi connectivity index (χ2v) is 7.59. The molecular weight excluding hydrogens is 288 g/mol. The summed E-state index contributed by atoms with van der Waals surface area (Å²) in [6.45, 7) is 0. The van der Waals surface area contributed by atoms with Crippen LogP contribution in [0.1, 0.15) is 12.1 Å². The van der Waals surface area contributed by atoms with E-state index in [0.717, 1.165) is 17.6 Å². The zero-order valence-corrected chi connectivity index (χ0v) is 11.4. The molecule has 2 N–H and O–H groups in total. The molecular formula is C7H12N2O5S3. The highest BCUT2D eigenvalue weighted by atomic mass is 32.2. The Morgan fingerprint density at radius 2 is 2.06 bits per heavy atom. The molecule has 7 nitrogen and oxygen atoms in total. The molecule has 0 fully saturated rings. The number of anilines is 1. The van der Waals surface area contributed by atoms with Crippen molar-refractivity contribution < 1.29 is 21.4 Å². The average molecular weight is 300 g/mol. The second-order valence-electron chi connectivity index (χ2n) is 3.41. The average Bonchev–Trinajstić information content (AvgIpc) is 2.46. The van der Waals surface area contributed by atoms with Crippen LogP contribution in [0, 0.1) is 0 Å². The van der Waals surface area contributed by atoms with Crippen molar-refractivity contribution in [3.8, 4) is 0 Å². The van der Waals surface area contributed by atoms with Gasteiger partial charge >= 0.3 is 0 Å². The fourth-order valence-electron chi connectivity index (χ4n) is 1.06. The number of aryl methyl sites for hydroxylation is 1. The first-order valence-corrected chi connectivity index (χ1v) is 8.91. The molecule has 0 spiro atoms. The van der Waals surface area contributed by atoms with Crippen LogP contribution in [-0.2, 0) is 26.6 Å². The van der Waals surface area contributed by atoms with E-state index in [9.17, 15) is 16.8 Å². The number of hydrogen-bond donors (Lipinski definition) is 2. The van der Waals surface area contributed by atoms with E-state index in [1.54, 1.807) is 5.38 Å². The van der Waals surface area contributed by atoms with Gasteiger partial charge in [-0.05, 0) is 12.8 Å². The molecule has 0 unspecified atom stereocenters. The summed E-state index contributed by atoms with van der Waals surface area (Å²) in [5.41, 5.74) is 0.588. The molecule has 0 aliphatic heterocycles. The highest BCUT2D eigenvalue weighted by Crippen LogP contribution is 2.17. The van der Waals surface area contributed by atoms with Gasteiger partial charge in [-0.15, -0.1) is 11.3 Å². The van der Waals surface area contributed by atoms with Crippen LogP contribution in [0.5, 0.6) is 0 Å². The number of hydrogen-bond acceptors (Lipinski definition) is 6. The van der Waals surface area contributed by atoms with Crippen molar-refractivity contribution >= 4 is 36.6 Å². The molecule has 0 aliphatic carbocycles. The molecule has 17 heavy (non-hydrogen) atoms. The molecule has 1 rings (SSSR count). The van der Waals surface area contributed by atoms with Crippen LogP contribution in [0.2, 0.25) is 0 Å². The first kappa shape index (κ1) is 14.4. The Hall–Kier alpha value is -0.710. The Bertz CT molecular complexity index is 574. The Morgan fingerprint density at radius 1 is 1.41 bits per heavy atom. The maximum atomic E-state index is 10.9. The molecule has 0 aliphatic rings. The molecule has 0 amide bonds. The molecule has 0 atom stereocenters. The first-order valence-electron chi connectivity index (χ1n) is 4.53. The Kier molecular flexibility index (Phi) is 4.47. The topological polar surface area (TPSA) is 113 Å². The molecule has 1 aromatic rings. The van der Waals surface area contributed by atoms with Crippen molar-refractivity contribution in [3.63, 3.8) is 0 Å². The van der Waals surface area contributed by atoms with Crippen molar-refractivity contribution in [1.82, 2.24) is 4.98 Å². The Balaban J connectivity index is 2.52. The third kappa shape index (κ3) is 6.56. The monoisotopic (exact) mass is 300 g/mol. The van der Waals surface area contributed by atoms with Gasteiger partial charge in [0.25, 0.3) is 10.1 Å². The van der Waals surface area contributed by atoms with Crippen molar-refractivity contribution in [3.05, 3.63) is 11.1 Å². The summed E-state index contributed by atoms with van der Waals surface area (Å²) in [4.78, 5) is 3.97. The smallest absolute Gasteiger partial charge is 0.264 e. The number of sulfonamides is 1. The lowest BCUT2D eigenvalue weighted by Gasteiger charge is -1.97. The molecule has 0 saturated carbocycles. The van der Waals surface area contributed by atoms with Gasteiger partial charge in [0, 0.05) is 5.38 Å². The maximum absolute atomic E-state index is 10.9. The highest BCUT2D eigenvalue weighted by molar-refractivity contribution is 7.92. The van der Waals surface area contributed by atoms with E-state index in [1.807, 2.05) is 0 Å².